The number of rotatable bonds is 2. The van der Waals surface area contributed by atoms with Crippen molar-refractivity contribution in [3.8, 4) is 0 Å². The van der Waals surface area contributed by atoms with Gasteiger partial charge in [-0.2, -0.15) is 0 Å². The molecule has 0 aromatic carbocycles. The number of nitrogens with two attached hydrogens (primary N) is 1. The van der Waals surface area contributed by atoms with E-state index in [1.54, 1.807) is 6.20 Å². The van der Waals surface area contributed by atoms with Gasteiger partial charge in [-0.1, -0.05) is 6.07 Å². The summed E-state index contributed by atoms with van der Waals surface area (Å²) in [6, 6.07) is 5.82. The molecule has 0 unspecified atom stereocenters. The van der Waals surface area contributed by atoms with Crippen molar-refractivity contribution < 1.29 is 0 Å². The van der Waals surface area contributed by atoms with Crippen LogP contribution in [0.3, 0.4) is 0 Å². The van der Waals surface area contributed by atoms with Gasteiger partial charge in [0.15, 0.2) is 5.96 Å². The lowest BCUT2D eigenvalue weighted by Crippen LogP contribution is -2.34. The minimum absolute atomic E-state index is 0.573. The Bertz CT molecular complexity index is 328. The molecule has 2 heterocycles. The van der Waals surface area contributed by atoms with Crippen LogP contribution in [-0.2, 0) is 6.54 Å². The molecular formula is C11H16N4. The van der Waals surface area contributed by atoms with E-state index in [1.165, 1.54) is 12.8 Å². The van der Waals surface area contributed by atoms with Gasteiger partial charge in [-0.3, -0.25) is 4.98 Å². The fourth-order valence-electron chi connectivity index (χ4n) is 1.70. The summed E-state index contributed by atoms with van der Waals surface area (Å²) in [5.41, 5.74) is 6.83. The summed E-state index contributed by atoms with van der Waals surface area (Å²) < 4.78 is 0. The second-order valence-corrected chi connectivity index (χ2v) is 3.69. The van der Waals surface area contributed by atoms with Crippen LogP contribution in [0, 0.1) is 0 Å². The van der Waals surface area contributed by atoms with E-state index in [0.29, 0.717) is 12.5 Å². The third kappa shape index (κ3) is 2.68. The monoisotopic (exact) mass is 204 g/mol. The van der Waals surface area contributed by atoms with E-state index in [-0.39, 0.29) is 0 Å². The third-order valence-corrected chi connectivity index (χ3v) is 2.56. The molecule has 0 saturated carbocycles. The summed E-state index contributed by atoms with van der Waals surface area (Å²) in [6.45, 7) is 2.65. The van der Waals surface area contributed by atoms with E-state index in [9.17, 15) is 0 Å². The van der Waals surface area contributed by atoms with Gasteiger partial charge in [-0.15, -0.1) is 0 Å². The molecular weight excluding hydrogens is 188 g/mol. The normalized spacial score (nSPS) is 17.1. The summed E-state index contributed by atoms with van der Waals surface area (Å²) in [5, 5.41) is 0. The Morgan fingerprint density at radius 2 is 2.20 bits per heavy atom. The van der Waals surface area contributed by atoms with E-state index in [2.05, 4.69) is 14.9 Å². The second kappa shape index (κ2) is 4.77. The highest BCUT2D eigenvalue weighted by molar-refractivity contribution is 5.78. The van der Waals surface area contributed by atoms with Gasteiger partial charge in [0.1, 0.15) is 0 Å². The number of pyridine rings is 1. The van der Waals surface area contributed by atoms with Gasteiger partial charge in [-0.05, 0) is 25.0 Å². The molecule has 0 aliphatic carbocycles. The minimum Gasteiger partial charge on any atom is -0.370 e. The Balaban J connectivity index is 1.93. The Hall–Kier alpha value is -1.58. The zero-order valence-corrected chi connectivity index (χ0v) is 8.76. The number of aromatic nitrogens is 1. The van der Waals surface area contributed by atoms with Crippen LogP contribution in [0.2, 0.25) is 0 Å². The van der Waals surface area contributed by atoms with E-state index >= 15 is 0 Å². The molecule has 0 amide bonds. The fraction of sp³-hybridized carbons (Fsp3) is 0.455. The van der Waals surface area contributed by atoms with Crippen molar-refractivity contribution in [3.63, 3.8) is 0 Å². The summed E-state index contributed by atoms with van der Waals surface area (Å²) >= 11 is 0. The second-order valence-electron chi connectivity index (χ2n) is 3.69. The first-order chi connectivity index (χ1) is 7.36. The summed E-state index contributed by atoms with van der Waals surface area (Å²) in [4.78, 5) is 10.7. The zero-order chi connectivity index (χ0) is 10.5. The summed E-state index contributed by atoms with van der Waals surface area (Å²) in [6.07, 6.45) is 4.22. The van der Waals surface area contributed by atoms with Crippen molar-refractivity contribution in [2.45, 2.75) is 19.4 Å². The number of guanidine groups is 1. The highest BCUT2D eigenvalue weighted by Crippen LogP contribution is 2.06. The van der Waals surface area contributed by atoms with Gasteiger partial charge in [0, 0.05) is 19.3 Å². The lowest BCUT2D eigenvalue weighted by Gasteiger charge is -2.15. The van der Waals surface area contributed by atoms with Gasteiger partial charge in [0.05, 0.1) is 12.2 Å². The first-order valence-corrected chi connectivity index (χ1v) is 5.31. The zero-order valence-electron chi connectivity index (χ0n) is 8.76. The van der Waals surface area contributed by atoms with E-state index in [1.807, 2.05) is 18.2 Å². The van der Waals surface area contributed by atoms with Crippen LogP contribution in [0.1, 0.15) is 18.5 Å². The fourth-order valence-corrected chi connectivity index (χ4v) is 1.70. The minimum atomic E-state index is 0.573. The average Bonchev–Trinajstić information content (AvgIpc) is 2.81. The largest absolute Gasteiger partial charge is 0.370 e. The van der Waals surface area contributed by atoms with E-state index in [0.717, 1.165) is 18.8 Å². The molecule has 0 radical (unpaired) electrons. The molecule has 2 rings (SSSR count). The molecule has 1 aromatic rings. The highest BCUT2D eigenvalue weighted by Gasteiger charge is 2.12. The predicted molar refractivity (Wildman–Crippen MR) is 60.4 cm³/mol. The van der Waals surface area contributed by atoms with Crippen LogP contribution >= 0.6 is 0 Å². The molecule has 4 nitrogen and oxygen atoms in total. The number of likely N-dealkylation sites (tertiary alicyclic amines) is 1. The molecule has 1 aliphatic rings. The molecule has 1 fully saturated rings. The van der Waals surface area contributed by atoms with Crippen molar-refractivity contribution in [3.05, 3.63) is 30.1 Å². The van der Waals surface area contributed by atoms with E-state index in [4.69, 9.17) is 5.73 Å². The molecule has 1 aliphatic heterocycles. The van der Waals surface area contributed by atoms with Crippen molar-refractivity contribution in [1.29, 1.82) is 0 Å². The standard InChI is InChI=1S/C11H16N4/c12-11(15-7-3-4-8-15)14-9-10-5-1-2-6-13-10/h1-2,5-6H,3-4,7-9H2,(H2,12,14). The van der Waals surface area contributed by atoms with Crippen LogP contribution in [0.25, 0.3) is 0 Å². The first-order valence-electron chi connectivity index (χ1n) is 5.31. The van der Waals surface area contributed by atoms with Gasteiger partial charge in [0.25, 0.3) is 0 Å². The lowest BCUT2D eigenvalue weighted by atomic mass is 10.3. The molecule has 80 valence electrons. The third-order valence-electron chi connectivity index (χ3n) is 2.56. The molecule has 0 atom stereocenters. The Labute approximate surface area is 89.8 Å². The van der Waals surface area contributed by atoms with Crippen LogP contribution < -0.4 is 5.73 Å². The number of aliphatic imine (C=N–C) groups is 1. The molecule has 0 spiro atoms. The molecule has 1 aromatic heterocycles. The first kappa shape index (κ1) is 9.96. The van der Waals surface area contributed by atoms with Crippen LogP contribution in [0.4, 0.5) is 0 Å². The Morgan fingerprint density at radius 1 is 1.40 bits per heavy atom. The summed E-state index contributed by atoms with van der Waals surface area (Å²) in [7, 11) is 0. The van der Waals surface area contributed by atoms with Crippen molar-refractivity contribution in [1.82, 2.24) is 9.88 Å². The molecule has 1 saturated heterocycles. The topological polar surface area (TPSA) is 54.5 Å². The predicted octanol–water partition coefficient (Wildman–Crippen LogP) is 0.992. The Kier molecular flexibility index (Phi) is 3.17. The smallest absolute Gasteiger partial charge is 0.191 e. The lowest BCUT2D eigenvalue weighted by molar-refractivity contribution is 0.510. The van der Waals surface area contributed by atoms with Gasteiger partial charge in [0.2, 0.25) is 0 Å². The van der Waals surface area contributed by atoms with Crippen molar-refractivity contribution in [2.75, 3.05) is 13.1 Å². The van der Waals surface area contributed by atoms with Gasteiger partial charge < -0.3 is 10.6 Å². The van der Waals surface area contributed by atoms with Crippen molar-refractivity contribution in [2.24, 2.45) is 10.7 Å². The van der Waals surface area contributed by atoms with Crippen LogP contribution in [0.5, 0.6) is 0 Å². The van der Waals surface area contributed by atoms with Gasteiger partial charge >= 0.3 is 0 Å². The molecule has 0 bridgehead atoms. The number of nitrogens with zero attached hydrogens (tertiary/aromatic N) is 3. The van der Waals surface area contributed by atoms with Crippen molar-refractivity contribution >= 4 is 5.96 Å². The molecule has 2 N–H and O–H groups in total. The number of hydrogen-bond acceptors (Lipinski definition) is 2. The maximum absolute atomic E-state index is 5.87. The number of hydrogen-bond donors (Lipinski definition) is 1. The van der Waals surface area contributed by atoms with Gasteiger partial charge in [-0.25, -0.2) is 4.99 Å². The average molecular weight is 204 g/mol. The quantitative estimate of drug-likeness (QED) is 0.577. The van der Waals surface area contributed by atoms with Crippen LogP contribution in [0.15, 0.2) is 29.4 Å². The summed E-state index contributed by atoms with van der Waals surface area (Å²) in [5.74, 6) is 0.651. The van der Waals surface area contributed by atoms with E-state index < -0.39 is 0 Å². The maximum Gasteiger partial charge on any atom is 0.191 e. The molecule has 4 heteroatoms. The molecule has 15 heavy (non-hydrogen) atoms. The Morgan fingerprint density at radius 3 is 2.87 bits per heavy atom. The maximum atomic E-state index is 5.87. The van der Waals surface area contributed by atoms with Crippen LogP contribution in [-0.4, -0.2) is 28.9 Å². The highest BCUT2D eigenvalue weighted by atomic mass is 15.3. The SMILES string of the molecule is NC(=NCc1ccccn1)N1CCCC1.